The zero-order chi connectivity index (χ0) is 8.10. The second kappa shape index (κ2) is 5.10. The Labute approximate surface area is 78.4 Å². The summed E-state index contributed by atoms with van der Waals surface area (Å²) in [6.07, 6.45) is 4.85. The molecule has 0 N–H and O–H groups in total. The van der Waals surface area contributed by atoms with Crippen LogP contribution in [-0.4, -0.2) is 17.4 Å². The van der Waals surface area contributed by atoms with Gasteiger partial charge in [0.15, 0.2) is 0 Å². The van der Waals surface area contributed by atoms with Crippen molar-refractivity contribution >= 4 is 23.4 Å². The molecule has 64 valence electrons. The van der Waals surface area contributed by atoms with Gasteiger partial charge in [-0.15, -0.1) is 11.6 Å². The van der Waals surface area contributed by atoms with Crippen LogP contribution in [0.4, 0.5) is 0 Å². The maximum atomic E-state index is 5.77. The van der Waals surface area contributed by atoms with Crippen LogP contribution in [-0.2, 0) is 0 Å². The lowest BCUT2D eigenvalue weighted by atomic mass is 10.0. The summed E-state index contributed by atoms with van der Waals surface area (Å²) in [4.78, 5) is 0. The Bertz CT molecular complexity index is 130. The minimum atomic E-state index is 0.720. The number of hydrogen-bond donors (Lipinski definition) is 0. The molecule has 0 radical (unpaired) electrons. The Morgan fingerprint density at radius 3 is 3.00 bits per heavy atom. The minimum absolute atomic E-state index is 0.720. The lowest BCUT2D eigenvalue weighted by molar-refractivity contribution is 0.737. The molecule has 1 aliphatic rings. The third-order valence-electron chi connectivity index (χ3n) is 2.06. The molecule has 0 aliphatic carbocycles. The third kappa shape index (κ3) is 3.08. The predicted octanol–water partition coefficient (Wildman–Crippen LogP) is 3.31. The van der Waals surface area contributed by atoms with Crippen molar-refractivity contribution < 1.29 is 0 Å². The topological polar surface area (TPSA) is 0 Å². The standard InChI is InChI=1S/C9H15ClS/c1-2-8(6-10)5-9-3-4-11-7-9/h5,9H,2-4,6-7H2,1H3. The van der Waals surface area contributed by atoms with E-state index in [0.717, 1.165) is 18.2 Å². The highest BCUT2D eigenvalue weighted by Gasteiger charge is 2.12. The maximum absolute atomic E-state index is 5.77. The van der Waals surface area contributed by atoms with E-state index in [-0.39, 0.29) is 0 Å². The van der Waals surface area contributed by atoms with Crippen LogP contribution in [0, 0.1) is 5.92 Å². The van der Waals surface area contributed by atoms with Gasteiger partial charge in [0.25, 0.3) is 0 Å². The molecular weight excluding hydrogens is 176 g/mol. The molecule has 0 aromatic rings. The smallest absolute Gasteiger partial charge is 0.0433 e. The molecule has 1 heterocycles. The molecule has 1 saturated heterocycles. The summed E-state index contributed by atoms with van der Waals surface area (Å²) in [5.74, 6) is 4.17. The Balaban J connectivity index is 2.40. The number of hydrogen-bond acceptors (Lipinski definition) is 1. The van der Waals surface area contributed by atoms with Crippen molar-refractivity contribution in [1.82, 2.24) is 0 Å². The van der Waals surface area contributed by atoms with Crippen LogP contribution >= 0.6 is 23.4 Å². The lowest BCUT2D eigenvalue weighted by Crippen LogP contribution is -1.95. The van der Waals surface area contributed by atoms with Crippen molar-refractivity contribution in [3.05, 3.63) is 11.6 Å². The summed E-state index contributed by atoms with van der Waals surface area (Å²) in [6, 6.07) is 0. The summed E-state index contributed by atoms with van der Waals surface area (Å²) in [5, 5.41) is 0. The summed E-state index contributed by atoms with van der Waals surface area (Å²) in [7, 11) is 0. The molecular formula is C9H15ClS. The number of allylic oxidation sites excluding steroid dienone is 2. The molecule has 0 aromatic carbocycles. The Kier molecular flexibility index (Phi) is 4.39. The average Bonchev–Trinajstić information content (AvgIpc) is 2.52. The van der Waals surface area contributed by atoms with Gasteiger partial charge in [-0.3, -0.25) is 0 Å². The van der Waals surface area contributed by atoms with Gasteiger partial charge < -0.3 is 0 Å². The molecule has 0 bridgehead atoms. The highest BCUT2D eigenvalue weighted by Crippen LogP contribution is 2.25. The summed E-state index contributed by atoms with van der Waals surface area (Å²) in [5.41, 5.74) is 1.42. The SMILES string of the molecule is CCC(=CC1CCSC1)CCl. The fraction of sp³-hybridized carbons (Fsp3) is 0.778. The molecule has 0 spiro atoms. The van der Waals surface area contributed by atoms with Gasteiger partial charge in [0.2, 0.25) is 0 Å². The molecule has 0 saturated carbocycles. The summed E-state index contributed by atoms with van der Waals surface area (Å²) >= 11 is 7.83. The minimum Gasteiger partial charge on any atom is -0.161 e. The Morgan fingerprint density at radius 2 is 2.55 bits per heavy atom. The van der Waals surface area contributed by atoms with Crippen LogP contribution in [0.1, 0.15) is 19.8 Å². The monoisotopic (exact) mass is 190 g/mol. The van der Waals surface area contributed by atoms with Crippen molar-refractivity contribution in [2.24, 2.45) is 5.92 Å². The third-order valence-corrected chi connectivity index (χ3v) is 3.59. The summed E-state index contributed by atoms with van der Waals surface area (Å²) < 4.78 is 0. The zero-order valence-corrected chi connectivity index (χ0v) is 8.55. The maximum Gasteiger partial charge on any atom is 0.0433 e. The number of halogens is 1. The van der Waals surface area contributed by atoms with Crippen molar-refractivity contribution in [1.29, 1.82) is 0 Å². The predicted molar refractivity (Wildman–Crippen MR) is 54.5 cm³/mol. The fourth-order valence-corrected chi connectivity index (χ4v) is 2.75. The van der Waals surface area contributed by atoms with E-state index >= 15 is 0 Å². The van der Waals surface area contributed by atoms with Crippen LogP contribution < -0.4 is 0 Å². The van der Waals surface area contributed by atoms with Gasteiger partial charge in [0, 0.05) is 5.88 Å². The second-order valence-electron chi connectivity index (χ2n) is 2.94. The molecule has 1 atom stereocenters. The second-order valence-corrected chi connectivity index (χ2v) is 4.35. The average molecular weight is 191 g/mol. The highest BCUT2D eigenvalue weighted by molar-refractivity contribution is 7.99. The van der Waals surface area contributed by atoms with Gasteiger partial charge in [-0.05, 0) is 30.3 Å². The van der Waals surface area contributed by atoms with Gasteiger partial charge in [0.1, 0.15) is 0 Å². The van der Waals surface area contributed by atoms with Crippen LogP contribution in [0.15, 0.2) is 11.6 Å². The quantitative estimate of drug-likeness (QED) is 0.486. The molecule has 2 heteroatoms. The van der Waals surface area contributed by atoms with E-state index in [4.69, 9.17) is 11.6 Å². The normalized spacial score (nSPS) is 26.0. The van der Waals surface area contributed by atoms with Gasteiger partial charge in [-0.1, -0.05) is 18.6 Å². The molecule has 1 unspecified atom stereocenters. The van der Waals surface area contributed by atoms with Gasteiger partial charge in [0.05, 0.1) is 0 Å². The van der Waals surface area contributed by atoms with Gasteiger partial charge >= 0.3 is 0 Å². The van der Waals surface area contributed by atoms with Crippen LogP contribution in [0.25, 0.3) is 0 Å². The zero-order valence-electron chi connectivity index (χ0n) is 6.98. The Morgan fingerprint density at radius 1 is 1.73 bits per heavy atom. The largest absolute Gasteiger partial charge is 0.161 e. The summed E-state index contributed by atoms with van der Waals surface area (Å²) in [6.45, 7) is 2.18. The first-order chi connectivity index (χ1) is 5.36. The highest BCUT2D eigenvalue weighted by atomic mass is 35.5. The Hall–Kier alpha value is 0.380. The van der Waals surface area contributed by atoms with E-state index in [1.165, 1.54) is 23.5 Å². The van der Waals surface area contributed by atoms with E-state index in [0.29, 0.717) is 0 Å². The first-order valence-corrected chi connectivity index (χ1v) is 5.89. The molecule has 0 aromatic heterocycles. The van der Waals surface area contributed by atoms with Crippen molar-refractivity contribution in [2.45, 2.75) is 19.8 Å². The molecule has 1 fully saturated rings. The molecule has 1 aliphatic heterocycles. The van der Waals surface area contributed by atoms with Crippen molar-refractivity contribution in [3.63, 3.8) is 0 Å². The van der Waals surface area contributed by atoms with E-state index in [9.17, 15) is 0 Å². The first-order valence-electron chi connectivity index (χ1n) is 4.20. The van der Waals surface area contributed by atoms with Gasteiger partial charge in [-0.2, -0.15) is 11.8 Å². The fourth-order valence-electron chi connectivity index (χ4n) is 1.27. The first kappa shape index (κ1) is 9.47. The molecule has 0 nitrogen and oxygen atoms in total. The molecule has 11 heavy (non-hydrogen) atoms. The lowest BCUT2D eigenvalue weighted by Gasteiger charge is -2.03. The van der Waals surface area contributed by atoms with Crippen molar-refractivity contribution in [2.75, 3.05) is 17.4 Å². The van der Waals surface area contributed by atoms with E-state index in [1.807, 2.05) is 0 Å². The van der Waals surface area contributed by atoms with Crippen LogP contribution in [0.2, 0.25) is 0 Å². The van der Waals surface area contributed by atoms with Crippen LogP contribution in [0.3, 0.4) is 0 Å². The van der Waals surface area contributed by atoms with E-state index in [1.54, 1.807) is 0 Å². The number of thioether (sulfide) groups is 1. The molecule has 1 rings (SSSR count). The van der Waals surface area contributed by atoms with E-state index in [2.05, 4.69) is 24.8 Å². The molecule has 0 amide bonds. The van der Waals surface area contributed by atoms with E-state index < -0.39 is 0 Å². The number of alkyl halides is 1. The van der Waals surface area contributed by atoms with Gasteiger partial charge in [-0.25, -0.2) is 0 Å². The number of rotatable bonds is 3. The van der Waals surface area contributed by atoms with Crippen molar-refractivity contribution in [3.8, 4) is 0 Å². The van der Waals surface area contributed by atoms with Crippen LogP contribution in [0.5, 0.6) is 0 Å².